The molecule has 102 valence electrons. The van der Waals surface area contributed by atoms with Gasteiger partial charge in [0.1, 0.15) is 11.3 Å². The van der Waals surface area contributed by atoms with E-state index in [0.29, 0.717) is 12.2 Å². The average Bonchev–Trinajstić information content (AvgIpc) is 2.47. The van der Waals surface area contributed by atoms with E-state index in [9.17, 15) is 14.7 Å². The van der Waals surface area contributed by atoms with Crippen molar-refractivity contribution in [3.8, 4) is 5.75 Å². The number of aromatic hydroxyl groups is 1. The molecule has 0 atom stereocenters. The maximum absolute atomic E-state index is 12.5. The van der Waals surface area contributed by atoms with Gasteiger partial charge in [0.05, 0.1) is 5.69 Å². The lowest BCUT2D eigenvalue weighted by Gasteiger charge is -2.29. The number of aromatic amines is 1. The molecule has 1 amide bonds. The minimum atomic E-state index is -0.417. The number of benzene rings is 1. The molecular formula is C15H14N2O3. The van der Waals surface area contributed by atoms with Gasteiger partial charge in [-0.05, 0) is 36.6 Å². The molecule has 1 aromatic carbocycles. The van der Waals surface area contributed by atoms with Crippen molar-refractivity contribution in [1.29, 1.82) is 0 Å². The minimum absolute atomic E-state index is 0.0721. The molecule has 2 N–H and O–H groups in total. The zero-order valence-electron chi connectivity index (χ0n) is 10.8. The first-order valence-corrected chi connectivity index (χ1v) is 6.49. The Morgan fingerprint density at radius 1 is 1.25 bits per heavy atom. The summed E-state index contributed by atoms with van der Waals surface area (Å²) in [4.78, 5) is 28.2. The molecule has 3 rings (SSSR count). The van der Waals surface area contributed by atoms with E-state index in [1.807, 2.05) is 6.07 Å². The lowest BCUT2D eigenvalue weighted by Crippen LogP contribution is -2.38. The number of rotatable bonds is 1. The molecule has 1 aromatic heterocycles. The van der Waals surface area contributed by atoms with Crippen LogP contribution in [0.5, 0.6) is 5.75 Å². The van der Waals surface area contributed by atoms with Gasteiger partial charge in [0, 0.05) is 12.7 Å². The molecule has 0 fully saturated rings. The number of phenolic OH excluding ortho intramolecular Hbond substituents is 1. The van der Waals surface area contributed by atoms with Crippen molar-refractivity contribution < 1.29 is 9.90 Å². The van der Waals surface area contributed by atoms with Crippen molar-refractivity contribution in [2.45, 2.75) is 12.8 Å². The fraction of sp³-hybridized carbons (Fsp3) is 0.200. The van der Waals surface area contributed by atoms with Crippen molar-refractivity contribution >= 4 is 11.6 Å². The number of aryl methyl sites for hydroxylation is 1. The molecule has 5 nitrogen and oxygen atoms in total. The number of para-hydroxylation sites is 1. The number of amides is 1. The molecule has 0 radical (unpaired) electrons. The number of carbonyl (C=O) groups is 1. The number of fused-ring (bicyclic) bond motifs is 1. The molecule has 0 bridgehead atoms. The van der Waals surface area contributed by atoms with Crippen LogP contribution in [0.1, 0.15) is 22.3 Å². The van der Waals surface area contributed by atoms with Crippen LogP contribution in [0, 0.1) is 0 Å². The van der Waals surface area contributed by atoms with Crippen LogP contribution in [0.3, 0.4) is 0 Å². The highest BCUT2D eigenvalue weighted by Crippen LogP contribution is 2.35. The molecule has 0 aliphatic carbocycles. The van der Waals surface area contributed by atoms with E-state index in [1.54, 1.807) is 18.2 Å². The first kappa shape index (κ1) is 12.5. The van der Waals surface area contributed by atoms with Crippen LogP contribution < -0.4 is 10.5 Å². The third-order valence-electron chi connectivity index (χ3n) is 3.49. The van der Waals surface area contributed by atoms with E-state index in [1.165, 1.54) is 17.2 Å². The number of anilines is 1. The topological polar surface area (TPSA) is 73.4 Å². The van der Waals surface area contributed by atoms with Gasteiger partial charge in [-0.25, -0.2) is 0 Å². The van der Waals surface area contributed by atoms with Crippen molar-refractivity contribution in [3.05, 3.63) is 58.0 Å². The molecule has 2 aromatic rings. The number of H-pyrrole nitrogens is 1. The van der Waals surface area contributed by atoms with Gasteiger partial charge >= 0.3 is 0 Å². The molecule has 1 aliphatic heterocycles. The van der Waals surface area contributed by atoms with Crippen molar-refractivity contribution in [2.75, 3.05) is 11.4 Å². The Kier molecular flexibility index (Phi) is 3.02. The number of nitrogens with zero attached hydrogens (tertiary/aromatic N) is 1. The fourth-order valence-electron chi connectivity index (χ4n) is 2.57. The second-order valence-electron chi connectivity index (χ2n) is 4.76. The molecular weight excluding hydrogens is 256 g/mol. The SMILES string of the molecule is O=C(c1ccc[nH]c1=O)N1CCCc2cccc(O)c21. The van der Waals surface area contributed by atoms with Gasteiger partial charge in [-0.2, -0.15) is 0 Å². The van der Waals surface area contributed by atoms with Crippen LogP contribution in [0.4, 0.5) is 5.69 Å². The summed E-state index contributed by atoms with van der Waals surface area (Å²) in [5.74, 6) is -0.308. The molecule has 5 heteroatoms. The summed E-state index contributed by atoms with van der Waals surface area (Å²) in [6.07, 6.45) is 3.12. The van der Waals surface area contributed by atoms with Gasteiger partial charge in [0.2, 0.25) is 0 Å². The monoisotopic (exact) mass is 270 g/mol. The summed E-state index contributed by atoms with van der Waals surface area (Å²) in [7, 11) is 0. The molecule has 1 aliphatic rings. The third-order valence-corrected chi connectivity index (χ3v) is 3.49. The Morgan fingerprint density at radius 2 is 2.10 bits per heavy atom. The number of aromatic nitrogens is 1. The van der Waals surface area contributed by atoms with E-state index in [-0.39, 0.29) is 17.2 Å². The number of pyridine rings is 1. The Bertz CT molecular complexity index is 721. The van der Waals surface area contributed by atoms with Crippen LogP contribution in [0.15, 0.2) is 41.3 Å². The molecule has 0 saturated heterocycles. The molecule has 2 heterocycles. The van der Waals surface area contributed by atoms with Crippen LogP contribution in [0.2, 0.25) is 0 Å². The van der Waals surface area contributed by atoms with E-state index < -0.39 is 5.56 Å². The van der Waals surface area contributed by atoms with Crippen molar-refractivity contribution in [2.24, 2.45) is 0 Å². The average molecular weight is 270 g/mol. The normalized spacial score (nSPS) is 13.9. The summed E-state index contributed by atoms with van der Waals surface area (Å²) in [6, 6.07) is 8.32. The quantitative estimate of drug-likeness (QED) is 0.828. The Morgan fingerprint density at radius 3 is 2.90 bits per heavy atom. The lowest BCUT2D eigenvalue weighted by molar-refractivity contribution is 0.0983. The predicted octanol–water partition coefficient (Wildman–Crippen LogP) is 1.67. The molecule has 20 heavy (non-hydrogen) atoms. The number of hydrogen-bond donors (Lipinski definition) is 2. The summed E-state index contributed by atoms with van der Waals surface area (Å²) in [5, 5.41) is 10.0. The van der Waals surface area contributed by atoms with Crippen LogP contribution in [0.25, 0.3) is 0 Å². The van der Waals surface area contributed by atoms with Crippen LogP contribution in [-0.4, -0.2) is 22.5 Å². The Labute approximate surface area is 115 Å². The fourth-order valence-corrected chi connectivity index (χ4v) is 2.57. The molecule has 0 spiro atoms. The Balaban J connectivity index is 2.08. The van der Waals surface area contributed by atoms with Crippen LogP contribution >= 0.6 is 0 Å². The van der Waals surface area contributed by atoms with E-state index in [2.05, 4.69) is 4.98 Å². The number of carbonyl (C=O) groups excluding carboxylic acids is 1. The summed E-state index contributed by atoms with van der Waals surface area (Å²) >= 11 is 0. The highest BCUT2D eigenvalue weighted by Gasteiger charge is 2.27. The van der Waals surface area contributed by atoms with Crippen molar-refractivity contribution in [3.63, 3.8) is 0 Å². The van der Waals surface area contributed by atoms with E-state index in [0.717, 1.165) is 18.4 Å². The molecule has 0 saturated carbocycles. The van der Waals surface area contributed by atoms with E-state index in [4.69, 9.17) is 0 Å². The van der Waals surface area contributed by atoms with Gasteiger partial charge in [0.25, 0.3) is 11.5 Å². The predicted molar refractivity (Wildman–Crippen MR) is 75.2 cm³/mol. The number of hydrogen-bond acceptors (Lipinski definition) is 3. The van der Waals surface area contributed by atoms with Crippen molar-refractivity contribution in [1.82, 2.24) is 4.98 Å². The zero-order chi connectivity index (χ0) is 14.1. The van der Waals surface area contributed by atoms with E-state index >= 15 is 0 Å². The lowest BCUT2D eigenvalue weighted by atomic mass is 10.00. The zero-order valence-corrected chi connectivity index (χ0v) is 10.8. The van der Waals surface area contributed by atoms with Gasteiger partial charge in [0.15, 0.2) is 0 Å². The first-order chi connectivity index (χ1) is 9.68. The number of phenols is 1. The summed E-state index contributed by atoms with van der Waals surface area (Å²) < 4.78 is 0. The second kappa shape index (κ2) is 4.85. The first-order valence-electron chi connectivity index (χ1n) is 6.49. The smallest absolute Gasteiger partial charge is 0.263 e. The van der Waals surface area contributed by atoms with Gasteiger partial charge in [-0.3, -0.25) is 9.59 Å². The van der Waals surface area contributed by atoms with Crippen LogP contribution in [-0.2, 0) is 6.42 Å². The van der Waals surface area contributed by atoms with Gasteiger partial charge in [-0.15, -0.1) is 0 Å². The highest BCUT2D eigenvalue weighted by molar-refractivity contribution is 6.07. The standard InChI is InChI=1S/C15H14N2O3/c18-12-7-1-4-10-5-3-9-17(13(10)12)15(20)11-6-2-8-16-14(11)19/h1-2,4,6-8,18H,3,5,9H2,(H,16,19). The number of nitrogens with one attached hydrogen (secondary N) is 1. The summed E-state index contributed by atoms with van der Waals surface area (Å²) in [5.41, 5.74) is 1.12. The van der Waals surface area contributed by atoms with Gasteiger partial charge < -0.3 is 15.0 Å². The maximum Gasteiger partial charge on any atom is 0.263 e. The Hall–Kier alpha value is -2.56. The third kappa shape index (κ3) is 1.97. The second-order valence-corrected chi connectivity index (χ2v) is 4.76. The largest absolute Gasteiger partial charge is 0.506 e. The molecule has 0 unspecified atom stereocenters. The van der Waals surface area contributed by atoms with Gasteiger partial charge in [-0.1, -0.05) is 12.1 Å². The highest BCUT2D eigenvalue weighted by atomic mass is 16.3. The minimum Gasteiger partial charge on any atom is -0.506 e. The maximum atomic E-state index is 12.5. The summed E-state index contributed by atoms with van der Waals surface area (Å²) in [6.45, 7) is 0.498.